The maximum absolute atomic E-state index is 9.55. The van der Waals surface area contributed by atoms with E-state index in [4.69, 9.17) is 14.3 Å². The smallest absolute Gasteiger partial charge is 0.422 e. The number of benzene rings is 1. The third-order valence-electron chi connectivity index (χ3n) is 3.57. The average Bonchev–Trinajstić information content (AvgIpc) is 2.82. The molecule has 1 heterocycles. The van der Waals surface area contributed by atoms with E-state index in [2.05, 4.69) is 19.6 Å². The minimum absolute atomic E-state index is 0.250. The highest BCUT2D eigenvalue weighted by molar-refractivity contribution is 6.76. The van der Waals surface area contributed by atoms with Crippen molar-refractivity contribution in [2.24, 2.45) is 0 Å². The van der Waals surface area contributed by atoms with E-state index >= 15 is 0 Å². The lowest BCUT2D eigenvalue weighted by molar-refractivity contribution is -0.191. The zero-order valence-corrected chi connectivity index (χ0v) is 15.6. The van der Waals surface area contributed by atoms with Crippen LogP contribution >= 0.6 is 0 Å². The van der Waals surface area contributed by atoms with E-state index in [1.165, 1.54) is 0 Å². The zero-order chi connectivity index (χ0) is 18.3. The Labute approximate surface area is 143 Å². The number of fused-ring (bicyclic) bond motifs is 1. The predicted octanol–water partition coefficient (Wildman–Crippen LogP) is 1.36. The van der Waals surface area contributed by atoms with Crippen LogP contribution in [-0.4, -0.2) is 42.6 Å². The van der Waals surface area contributed by atoms with Crippen LogP contribution in [0.2, 0.25) is 25.7 Å². The van der Waals surface area contributed by atoms with Gasteiger partial charge < -0.3 is 19.4 Å². The lowest BCUT2D eigenvalue weighted by Crippen LogP contribution is -2.36. The number of aryl methyl sites for hydroxylation is 1. The molecule has 0 saturated heterocycles. The van der Waals surface area contributed by atoms with Crippen molar-refractivity contribution in [3.05, 3.63) is 29.8 Å². The molecule has 130 valence electrons. The van der Waals surface area contributed by atoms with Crippen molar-refractivity contribution >= 4 is 37.8 Å². The number of nitrogens with zero attached hydrogens (tertiary/aromatic N) is 1. The minimum Gasteiger partial charge on any atom is -0.422 e. The molecule has 8 heteroatoms. The van der Waals surface area contributed by atoms with Crippen molar-refractivity contribution in [2.75, 3.05) is 6.61 Å². The van der Waals surface area contributed by atoms with E-state index in [9.17, 15) is 10.0 Å². The monoisotopic (exact) mass is 349 g/mol. The van der Waals surface area contributed by atoms with Crippen LogP contribution in [-0.2, 0) is 21.1 Å². The zero-order valence-electron chi connectivity index (χ0n) is 14.6. The number of carbonyl (C=O) groups excluding carboxylic acids is 2. The highest BCUT2D eigenvalue weighted by Crippen LogP contribution is 2.17. The van der Waals surface area contributed by atoms with Gasteiger partial charge in [0, 0.05) is 20.2 Å². The van der Waals surface area contributed by atoms with Crippen molar-refractivity contribution in [3.63, 3.8) is 0 Å². The Balaban J connectivity index is 0.000000891. The normalized spacial score (nSPS) is 10.9. The fourth-order valence-electron chi connectivity index (χ4n) is 2.28. The Kier molecular flexibility index (Phi) is 7.60. The Hall–Kier alpha value is -1.70. The summed E-state index contributed by atoms with van der Waals surface area (Å²) >= 11 is 0. The second-order valence-electron chi connectivity index (χ2n) is 6.86. The van der Waals surface area contributed by atoms with E-state index in [1.54, 1.807) is 6.07 Å². The summed E-state index contributed by atoms with van der Waals surface area (Å²) in [5.74, 6) is 0. The second-order valence-corrected chi connectivity index (χ2v) is 12.5. The molecule has 2 rings (SSSR count). The lowest BCUT2D eigenvalue weighted by atomic mass is 9.86. The van der Waals surface area contributed by atoms with E-state index in [-0.39, 0.29) is 6.15 Å². The molecule has 0 atom stereocenters. The summed E-state index contributed by atoms with van der Waals surface area (Å²) in [6.45, 7) is 10.0. The summed E-state index contributed by atoms with van der Waals surface area (Å²) in [7, 11) is -2.60. The Bertz CT molecular complexity index is 702. The Morgan fingerprint density at radius 1 is 1.21 bits per heavy atom. The van der Waals surface area contributed by atoms with Crippen LogP contribution in [0.25, 0.3) is 10.9 Å². The first-order valence-electron chi connectivity index (χ1n) is 7.72. The molecule has 0 amide bonds. The van der Waals surface area contributed by atoms with Gasteiger partial charge >= 0.3 is 13.3 Å². The summed E-state index contributed by atoms with van der Waals surface area (Å²) in [5, 5.41) is 20.1. The lowest BCUT2D eigenvalue weighted by Gasteiger charge is -2.17. The standard InChI is InChI=1S/C15H24BNO3Si.CO2/c1-12-5-6-13-10-15(16(18)19)17(14(13)9-12)11-20-7-8-21(2,3)4;2-1-3/h5-6,9-10,18-19H,7-8,11H2,1-4H3;. The molecule has 0 aliphatic carbocycles. The summed E-state index contributed by atoms with van der Waals surface area (Å²) in [5.41, 5.74) is 2.60. The van der Waals surface area contributed by atoms with Gasteiger partial charge in [-0.05, 0) is 36.1 Å². The molecule has 2 N–H and O–H groups in total. The molecule has 6 nitrogen and oxygen atoms in total. The largest absolute Gasteiger partial charge is 0.506 e. The molecule has 24 heavy (non-hydrogen) atoms. The predicted molar refractivity (Wildman–Crippen MR) is 95.6 cm³/mol. The Morgan fingerprint density at radius 3 is 2.38 bits per heavy atom. The topological polar surface area (TPSA) is 88.8 Å². The fraction of sp³-hybridized carbons (Fsp3) is 0.438. The van der Waals surface area contributed by atoms with Crippen LogP contribution in [0.5, 0.6) is 0 Å². The van der Waals surface area contributed by atoms with Crippen molar-refractivity contribution in [1.29, 1.82) is 0 Å². The van der Waals surface area contributed by atoms with Crippen molar-refractivity contribution in [1.82, 2.24) is 4.57 Å². The molecule has 0 aliphatic rings. The van der Waals surface area contributed by atoms with E-state index in [0.29, 0.717) is 18.9 Å². The number of hydrogen-bond acceptors (Lipinski definition) is 5. The molecular formula is C16H24BNO5Si. The van der Waals surface area contributed by atoms with E-state index in [0.717, 1.165) is 22.5 Å². The van der Waals surface area contributed by atoms with Gasteiger partial charge in [-0.2, -0.15) is 9.59 Å². The van der Waals surface area contributed by atoms with Gasteiger partial charge in [-0.15, -0.1) is 0 Å². The number of ether oxygens (including phenoxy) is 1. The number of rotatable bonds is 6. The first kappa shape index (κ1) is 20.3. The molecule has 0 saturated carbocycles. The first-order chi connectivity index (χ1) is 11.2. The minimum atomic E-state index is -1.49. The SMILES string of the molecule is Cc1ccc2cc(B(O)O)n(COCC[Si](C)(C)C)c2c1.O=C=O. The van der Waals surface area contributed by atoms with Gasteiger partial charge in [0.05, 0.1) is 5.59 Å². The van der Waals surface area contributed by atoms with Gasteiger partial charge in [-0.1, -0.05) is 31.8 Å². The van der Waals surface area contributed by atoms with Gasteiger partial charge in [-0.25, -0.2) is 0 Å². The third-order valence-corrected chi connectivity index (χ3v) is 5.28. The average molecular weight is 349 g/mol. The van der Waals surface area contributed by atoms with E-state index < -0.39 is 15.2 Å². The second kappa shape index (κ2) is 8.96. The molecule has 0 bridgehead atoms. The maximum Gasteiger partial charge on any atom is 0.506 e. The molecule has 0 spiro atoms. The Morgan fingerprint density at radius 2 is 1.83 bits per heavy atom. The van der Waals surface area contributed by atoms with E-state index in [1.807, 2.05) is 29.7 Å². The summed E-state index contributed by atoms with van der Waals surface area (Å²) < 4.78 is 7.61. The van der Waals surface area contributed by atoms with Crippen molar-refractivity contribution in [3.8, 4) is 0 Å². The highest BCUT2D eigenvalue weighted by atomic mass is 28.3. The highest BCUT2D eigenvalue weighted by Gasteiger charge is 2.20. The van der Waals surface area contributed by atoms with Crippen LogP contribution in [0.4, 0.5) is 0 Å². The van der Waals surface area contributed by atoms with Crippen LogP contribution in [0.1, 0.15) is 5.56 Å². The van der Waals surface area contributed by atoms with Gasteiger partial charge in [0.1, 0.15) is 6.73 Å². The summed E-state index contributed by atoms with van der Waals surface area (Å²) in [4.78, 5) is 16.2. The summed E-state index contributed by atoms with van der Waals surface area (Å²) in [6, 6.07) is 8.97. The van der Waals surface area contributed by atoms with Gasteiger partial charge in [0.25, 0.3) is 0 Å². The van der Waals surface area contributed by atoms with Gasteiger partial charge in [0.15, 0.2) is 0 Å². The first-order valence-corrected chi connectivity index (χ1v) is 11.4. The molecule has 2 aromatic rings. The van der Waals surface area contributed by atoms with Crippen molar-refractivity contribution < 1.29 is 24.4 Å². The van der Waals surface area contributed by atoms with Gasteiger partial charge in [-0.3, -0.25) is 0 Å². The quantitative estimate of drug-likeness (QED) is 0.607. The molecule has 1 aromatic heterocycles. The maximum atomic E-state index is 9.55. The molecule has 0 radical (unpaired) electrons. The number of aromatic nitrogens is 1. The molecule has 0 unspecified atom stereocenters. The molecule has 0 fully saturated rings. The molecular weight excluding hydrogens is 325 g/mol. The van der Waals surface area contributed by atoms with Gasteiger partial charge in [0.2, 0.25) is 0 Å². The van der Waals surface area contributed by atoms with Crippen LogP contribution in [0.3, 0.4) is 0 Å². The molecule has 1 aromatic carbocycles. The van der Waals surface area contributed by atoms with Crippen molar-refractivity contribution in [2.45, 2.75) is 39.3 Å². The van der Waals surface area contributed by atoms with Crippen LogP contribution < -0.4 is 5.59 Å². The number of hydrogen-bond donors (Lipinski definition) is 2. The third kappa shape index (κ3) is 6.07. The fourth-order valence-corrected chi connectivity index (χ4v) is 3.03. The summed E-state index contributed by atoms with van der Waals surface area (Å²) in [6.07, 6.45) is 0.250. The van der Waals surface area contributed by atoms with Crippen LogP contribution in [0, 0.1) is 6.92 Å². The van der Waals surface area contributed by atoms with Crippen LogP contribution in [0.15, 0.2) is 24.3 Å². The molecule has 0 aliphatic heterocycles.